The molecule has 2 unspecified atom stereocenters. The molecule has 1 fully saturated rings. The van der Waals surface area contributed by atoms with E-state index >= 15 is 0 Å². The van der Waals surface area contributed by atoms with E-state index in [-0.39, 0.29) is 0 Å². The van der Waals surface area contributed by atoms with Gasteiger partial charge in [0, 0.05) is 32.0 Å². The summed E-state index contributed by atoms with van der Waals surface area (Å²) in [4.78, 5) is 11.1. The van der Waals surface area contributed by atoms with E-state index in [9.17, 15) is 5.11 Å². The first kappa shape index (κ1) is 18.7. The highest BCUT2D eigenvalue weighted by Gasteiger charge is 2.31. The Hall–Kier alpha value is -1.62. The zero-order valence-electron chi connectivity index (χ0n) is 15.3. The molecule has 2 heterocycles. The van der Waals surface area contributed by atoms with Crippen LogP contribution < -0.4 is 5.32 Å². The monoisotopic (exact) mass is 332 g/mol. The van der Waals surface area contributed by atoms with Crippen LogP contribution in [0.4, 0.5) is 0 Å². The first-order valence-corrected chi connectivity index (χ1v) is 9.19. The van der Waals surface area contributed by atoms with Crippen LogP contribution in [0.1, 0.15) is 58.1 Å². The van der Waals surface area contributed by atoms with Crippen molar-refractivity contribution in [2.24, 2.45) is 10.4 Å². The van der Waals surface area contributed by atoms with Gasteiger partial charge in [-0.15, -0.1) is 0 Å². The summed E-state index contributed by atoms with van der Waals surface area (Å²) in [5, 5.41) is 13.7. The van der Waals surface area contributed by atoms with Crippen LogP contribution in [0.15, 0.2) is 29.5 Å². The van der Waals surface area contributed by atoms with E-state index in [4.69, 9.17) is 4.99 Å². The van der Waals surface area contributed by atoms with Crippen LogP contribution >= 0.6 is 0 Å². The Morgan fingerprint density at radius 1 is 1.42 bits per heavy atom. The molecule has 0 amide bonds. The maximum atomic E-state index is 10.3. The largest absolute Gasteiger partial charge is 0.386 e. The minimum absolute atomic E-state index is 0.368. The molecule has 1 aromatic rings. The average molecular weight is 332 g/mol. The lowest BCUT2D eigenvalue weighted by atomic mass is 9.78. The minimum Gasteiger partial charge on any atom is -0.386 e. The van der Waals surface area contributed by atoms with Crippen LogP contribution in [0.25, 0.3) is 0 Å². The number of aliphatic imine (C=N–C) groups is 1. The maximum Gasteiger partial charge on any atom is 0.194 e. The van der Waals surface area contributed by atoms with Crippen molar-refractivity contribution in [3.8, 4) is 0 Å². The van der Waals surface area contributed by atoms with Gasteiger partial charge in [0.25, 0.3) is 0 Å². The number of aromatic nitrogens is 1. The van der Waals surface area contributed by atoms with E-state index in [1.54, 1.807) is 12.4 Å². The van der Waals surface area contributed by atoms with Gasteiger partial charge in [0.05, 0.1) is 12.6 Å². The summed E-state index contributed by atoms with van der Waals surface area (Å²) in [6.07, 6.45) is 7.78. The van der Waals surface area contributed by atoms with E-state index in [1.165, 1.54) is 25.7 Å². The summed E-state index contributed by atoms with van der Waals surface area (Å²) in [5.74, 6) is 0.924. The number of nitrogens with zero attached hydrogens (tertiary/aromatic N) is 3. The lowest BCUT2D eigenvalue weighted by Crippen LogP contribution is -2.50. The third kappa shape index (κ3) is 5.20. The highest BCUT2D eigenvalue weighted by atomic mass is 16.3. The van der Waals surface area contributed by atoms with Crippen molar-refractivity contribution in [3.63, 3.8) is 0 Å². The molecule has 0 saturated carbocycles. The highest BCUT2D eigenvalue weighted by molar-refractivity contribution is 5.80. The van der Waals surface area contributed by atoms with Gasteiger partial charge in [0.15, 0.2) is 5.96 Å². The van der Waals surface area contributed by atoms with Crippen molar-refractivity contribution in [1.29, 1.82) is 0 Å². The van der Waals surface area contributed by atoms with Gasteiger partial charge in [0.1, 0.15) is 0 Å². The number of piperidine rings is 1. The third-order valence-corrected chi connectivity index (χ3v) is 4.77. The fraction of sp³-hybridized carbons (Fsp3) is 0.684. The number of aliphatic hydroxyl groups is 1. The topological polar surface area (TPSA) is 60.8 Å². The summed E-state index contributed by atoms with van der Waals surface area (Å²) in [6.45, 7) is 10.0. The average Bonchev–Trinajstić information content (AvgIpc) is 2.59. The number of nitrogens with one attached hydrogen (secondary N) is 1. The number of hydrogen-bond acceptors (Lipinski definition) is 3. The molecule has 1 saturated heterocycles. The molecule has 2 atom stereocenters. The molecule has 2 rings (SSSR count). The van der Waals surface area contributed by atoms with Gasteiger partial charge in [0.2, 0.25) is 0 Å². The summed E-state index contributed by atoms with van der Waals surface area (Å²) in [7, 11) is 0. The highest BCUT2D eigenvalue weighted by Crippen LogP contribution is 2.33. The Balaban J connectivity index is 2.04. The number of likely N-dealkylation sites (tertiary alicyclic amines) is 1. The predicted molar refractivity (Wildman–Crippen MR) is 99.0 cm³/mol. The molecule has 5 nitrogen and oxygen atoms in total. The number of aliphatic hydroxyl groups excluding tert-OH is 1. The van der Waals surface area contributed by atoms with Crippen molar-refractivity contribution >= 4 is 5.96 Å². The van der Waals surface area contributed by atoms with E-state index in [2.05, 4.69) is 36.0 Å². The molecule has 1 aromatic heterocycles. The smallest absolute Gasteiger partial charge is 0.194 e. The Morgan fingerprint density at radius 2 is 2.17 bits per heavy atom. The second kappa shape index (κ2) is 9.02. The second-order valence-corrected chi connectivity index (χ2v) is 7.08. The third-order valence-electron chi connectivity index (χ3n) is 4.77. The molecular weight excluding hydrogens is 300 g/mol. The number of rotatable bonds is 6. The molecule has 5 heteroatoms. The first-order chi connectivity index (χ1) is 11.6. The van der Waals surface area contributed by atoms with Crippen LogP contribution in [-0.2, 0) is 0 Å². The molecule has 24 heavy (non-hydrogen) atoms. The van der Waals surface area contributed by atoms with Crippen LogP contribution in [0.2, 0.25) is 0 Å². The lowest BCUT2D eigenvalue weighted by Gasteiger charge is -2.42. The van der Waals surface area contributed by atoms with Crippen LogP contribution in [0.3, 0.4) is 0 Å². The van der Waals surface area contributed by atoms with Crippen LogP contribution in [-0.4, -0.2) is 47.1 Å². The van der Waals surface area contributed by atoms with Gasteiger partial charge in [-0.05, 0) is 49.3 Å². The summed E-state index contributed by atoms with van der Waals surface area (Å²) >= 11 is 0. The first-order valence-electron chi connectivity index (χ1n) is 9.19. The Kier molecular flexibility index (Phi) is 7.03. The van der Waals surface area contributed by atoms with E-state index in [1.807, 2.05) is 12.1 Å². The van der Waals surface area contributed by atoms with Crippen molar-refractivity contribution < 1.29 is 5.11 Å². The molecule has 0 aliphatic carbocycles. The zero-order valence-corrected chi connectivity index (χ0v) is 15.3. The van der Waals surface area contributed by atoms with Gasteiger partial charge >= 0.3 is 0 Å². The van der Waals surface area contributed by atoms with Crippen molar-refractivity contribution in [1.82, 2.24) is 15.2 Å². The summed E-state index contributed by atoms with van der Waals surface area (Å²) < 4.78 is 0. The fourth-order valence-electron chi connectivity index (χ4n) is 3.59. The molecule has 2 N–H and O–H groups in total. The van der Waals surface area contributed by atoms with Crippen molar-refractivity contribution in [2.75, 3.05) is 26.2 Å². The Bertz CT molecular complexity index is 515. The van der Waals surface area contributed by atoms with Crippen molar-refractivity contribution in [2.45, 2.75) is 52.6 Å². The Labute approximate surface area is 146 Å². The maximum absolute atomic E-state index is 10.3. The second-order valence-electron chi connectivity index (χ2n) is 7.08. The molecule has 0 radical (unpaired) electrons. The molecule has 1 aliphatic rings. The van der Waals surface area contributed by atoms with Crippen LogP contribution in [0.5, 0.6) is 0 Å². The van der Waals surface area contributed by atoms with Gasteiger partial charge in [-0.3, -0.25) is 9.98 Å². The standard InChI is InChI=1S/C19H32N4O/c1-4-9-19(3)10-6-13-23(15-19)18(21-5-2)22-14-17(24)16-7-11-20-12-8-16/h7-8,11-12,17,24H,4-6,9-10,13-15H2,1-3H3,(H,21,22). The number of guanidine groups is 1. The van der Waals surface area contributed by atoms with E-state index in [0.29, 0.717) is 12.0 Å². The molecule has 0 bridgehead atoms. The Morgan fingerprint density at radius 3 is 2.83 bits per heavy atom. The predicted octanol–water partition coefficient (Wildman–Crippen LogP) is 2.98. The molecule has 1 aliphatic heterocycles. The SMILES string of the molecule is CCCC1(C)CCCN(C(=NCC(O)c2ccncc2)NCC)C1. The number of pyridine rings is 1. The fourth-order valence-corrected chi connectivity index (χ4v) is 3.59. The molecular formula is C19H32N4O. The van der Waals surface area contributed by atoms with Gasteiger partial charge < -0.3 is 15.3 Å². The zero-order chi connectivity index (χ0) is 17.4. The molecule has 134 valence electrons. The van der Waals surface area contributed by atoms with E-state index in [0.717, 1.165) is 31.2 Å². The lowest BCUT2D eigenvalue weighted by molar-refractivity contribution is 0.141. The van der Waals surface area contributed by atoms with Gasteiger partial charge in [-0.25, -0.2) is 0 Å². The summed E-state index contributed by atoms with van der Waals surface area (Å²) in [6, 6.07) is 3.68. The quantitative estimate of drug-likeness (QED) is 0.621. The van der Waals surface area contributed by atoms with E-state index < -0.39 is 6.10 Å². The summed E-state index contributed by atoms with van der Waals surface area (Å²) in [5.41, 5.74) is 1.23. The normalized spacial score (nSPS) is 23.2. The molecule has 0 aromatic carbocycles. The van der Waals surface area contributed by atoms with Gasteiger partial charge in [-0.1, -0.05) is 20.3 Å². The number of hydrogen-bond donors (Lipinski definition) is 2. The van der Waals surface area contributed by atoms with Gasteiger partial charge in [-0.2, -0.15) is 0 Å². The van der Waals surface area contributed by atoms with Crippen LogP contribution in [0, 0.1) is 5.41 Å². The van der Waals surface area contributed by atoms with Crippen molar-refractivity contribution in [3.05, 3.63) is 30.1 Å². The minimum atomic E-state index is -0.589. The molecule has 0 spiro atoms.